The number of carbonyl (C=O) groups excluding carboxylic acids is 1. The molecule has 1 aromatic rings. The van der Waals surface area contributed by atoms with Crippen LogP contribution < -0.4 is 5.32 Å². The number of amides is 1. The summed E-state index contributed by atoms with van der Waals surface area (Å²) in [7, 11) is 0. The summed E-state index contributed by atoms with van der Waals surface area (Å²) < 4.78 is 2.01. The van der Waals surface area contributed by atoms with Crippen LogP contribution in [0.5, 0.6) is 0 Å². The number of fused-ring (bicyclic) bond motifs is 2. The van der Waals surface area contributed by atoms with Gasteiger partial charge in [-0.25, -0.2) is 0 Å². The fraction of sp³-hybridized carbons (Fsp3) is 0.810. The summed E-state index contributed by atoms with van der Waals surface area (Å²) in [5.41, 5.74) is 1.35. The molecule has 3 atom stereocenters. The van der Waals surface area contributed by atoms with Gasteiger partial charge in [0.2, 0.25) is 5.91 Å². The smallest absolute Gasteiger partial charge is 0.223 e. The van der Waals surface area contributed by atoms with Gasteiger partial charge in [-0.2, -0.15) is 5.10 Å². The molecule has 2 saturated heterocycles. The number of nitrogens with one attached hydrogen (secondary N) is 1. The standard InChI is InChI=1S/C21H34N4O/c1-4-24-11-9-15(23-24)14-25-17-7-8-18(25)13-16(12-17)22-20(26)19-6-5-10-21(19,2)3/h9,11,16-19H,4-8,10,12-14H2,1-3H3,(H,22,26). The van der Waals surface area contributed by atoms with Crippen molar-refractivity contribution in [3.63, 3.8) is 0 Å². The monoisotopic (exact) mass is 358 g/mol. The zero-order valence-corrected chi connectivity index (χ0v) is 16.6. The van der Waals surface area contributed by atoms with Crippen LogP contribution in [0, 0.1) is 11.3 Å². The molecule has 4 rings (SSSR count). The summed E-state index contributed by atoms with van der Waals surface area (Å²) in [6.45, 7) is 8.52. The SMILES string of the molecule is CCn1ccc(CN2C3CCC2CC(NC(=O)C2CCCC2(C)C)C3)n1. The van der Waals surface area contributed by atoms with E-state index in [1.165, 1.54) is 31.4 Å². The van der Waals surface area contributed by atoms with E-state index in [1.54, 1.807) is 0 Å². The zero-order chi connectivity index (χ0) is 18.3. The lowest BCUT2D eigenvalue weighted by molar-refractivity contribution is -0.128. The molecule has 0 spiro atoms. The average Bonchev–Trinajstić information content (AvgIpc) is 3.25. The van der Waals surface area contributed by atoms with Crippen LogP contribution in [-0.2, 0) is 17.9 Å². The molecule has 3 fully saturated rings. The van der Waals surface area contributed by atoms with Crippen molar-refractivity contribution >= 4 is 5.91 Å². The summed E-state index contributed by atoms with van der Waals surface area (Å²) in [6, 6.07) is 3.71. The number of aromatic nitrogens is 2. The highest BCUT2D eigenvalue weighted by Crippen LogP contribution is 2.43. The number of aryl methyl sites for hydroxylation is 1. The van der Waals surface area contributed by atoms with Crippen LogP contribution in [0.15, 0.2) is 12.3 Å². The first kappa shape index (κ1) is 18.0. The maximum absolute atomic E-state index is 12.8. The lowest BCUT2D eigenvalue weighted by Gasteiger charge is -2.39. The average molecular weight is 359 g/mol. The molecule has 1 amide bonds. The van der Waals surface area contributed by atoms with Gasteiger partial charge < -0.3 is 5.32 Å². The largest absolute Gasteiger partial charge is 0.353 e. The number of carbonyl (C=O) groups is 1. The lowest BCUT2D eigenvalue weighted by Crippen LogP contribution is -2.51. The van der Waals surface area contributed by atoms with Crippen LogP contribution >= 0.6 is 0 Å². The van der Waals surface area contributed by atoms with Crippen LogP contribution in [0.4, 0.5) is 0 Å². The third-order valence-electron chi connectivity index (χ3n) is 7.17. The van der Waals surface area contributed by atoms with Crippen molar-refractivity contribution in [1.29, 1.82) is 0 Å². The minimum Gasteiger partial charge on any atom is -0.353 e. The Morgan fingerprint density at radius 1 is 1.27 bits per heavy atom. The van der Waals surface area contributed by atoms with Crippen molar-refractivity contribution in [2.75, 3.05) is 0 Å². The Labute approximate surface area is 157 Å². The van der Waals surface area contributed by atoms with E-state index in [9.17, 15) is 4.79 Å². The van der Waals surface area contributed by atoms with Crippen molar-refractivity contribution in [3.8, 4) is 0 Å². The van der Waals surface area contributed by atoms with Crippen LogP contribution in [0.2, 0.25) is 0 Å². The van der Waals surface area contributed by atoms with Gasteiger partial charge in [-0.15, -0.1) is 0 Å². The first-order valence-corrected chi connectivity index (χ1v) is 10.5. The second kappa shape index (κ2) is 6.99. The summed E-state index contributed by atoms with van der Waals surface area (Å²) in [6.07, 6.45) is 10.2. The fourth-order valence-electron chi connectivity index (χ4n) is 5.62. The summed E-state index contributed by atoms with van der Waals surface area (Å²) >= 11 is 0. The normalized spacial score (nSPS) is 33.5. The first-order chi connectivity index (χ1) is 12.5. The predicted octanol–water partition coefficient (Wildman–Crippen LogP) is 3.34. The fourth-order valence-corrected chi connectivity index (χ4v) is 5.62. The highest BCUT2D eigenvalue weighted by Gasteiger charge is 2.44. The van der Waals surface area contributed by atoms with E-state index in [0.29, 0.717) is 24.0 Å². The van der Waals surface area contributed by atoms with Crippen LogP contribution in [0.1, 0.15) is 71.4 Å². The van der Waals surface area contributed by atoms with E-state index in [4.69, 9.17) is 0 Å². The second-order valence-corrected chi connectivity index (χ2v) is 9.33. The molecule has 1 aliphatic carbocycles. The van der Waals surface area contributed by atoms with E-state index in [0.717, 1.165) is 32.4 Å². The Bertz CT molecular complexity index is 638. The number of hydrogen-bond donors (Lipinski definition) is 1. The molecule has 1 saturated carbocycles. The maximum Gasteiger partial charge on any atom is 0.223 e. The molecule has 5 heteroatoms. The van der Waals surface area contributed by atoms with Gasteiger partial charge in [0, 0.05) is 43.3 Å². The molecule has 2 bridgehead atoms. The highest BCUT2D eigenvalue weighted by molar-refractivity contribution is 5.80. The van der Waals surface area contributed by atoms with Gasteiger partial charge in [0.05, 0.1) is 5.69 Å². The molecule has 0 aromatic carbocycles. The third kappa shape index (κ3) is 3.42. The maximum atomic E-state index is 12.8. The van der Waals surface area contributed by atoms with Gasteiger partial charge in [-0.1, -0.05) is 20.3 Å². The Morgan fingerprint density at radius 2 is 2.00 bits per heavy atom. The van der Waals surface area contributed by atoms with Gasteiger partial charge in [0.15, 0.2) is 0 Å². The van der Waals surface area contributed by atoms with Crippen molar-refractivity contribution < 1.29 is 4.79 Å². The third-order valence-corrected chi connectivity index (χ3v) is 7.17. The molecule has 3 unspecified atom stereocenters. The second-order valence-electron chi connectivity index (χ2n) is 9.33. The highest BCUT2D eigenvalue weighted by atomic mass is 16.2. The lowest BCUT2D eigenvalue weighted by atomic mass is 9.81. The molecule has 144 valence electrons. The van der Waals surface area contributed by atoms with E-state index < -0.39 is 0 Å². The molecular weight excluding hydrogens is 324 g/mol. The minimum absolute atomic E-state index is 0.169. The summed E-state index contributed by atoms with van der Waals surface area (Å²) in [5.74, 6) is 0.517. The van der Waals surface area contributed by atoms with Gasteiger partial charge in [-0.05, 0) is 56.9 Å². The summed E-state index contributed by atoms with van der Waals surface area (Å²) in [5, 5.41) is 8.09. The Kier molecular flexibility index (Phi) is 4.84. The van der Waals surface area contributed by atoms with E-state index >= 15 is 0 Å². The quantitative estimate of drug-likeness (QED) is 0.878. The van der Waals surface area contributed by atoms with E-state index in [2.05, 4.69) is 48.3 Å². The van der Waals surface area contributed by atoms with Crippen LogP contribution in [-0.4, -0.2) is 38.7 Å². The van der Waals surface area contributed by atoms with Gasteiger partial charge in [0.1, 0.15) is 0 Å². The van der Waals surface area contributed by atoms with Crippen molar-refractivity contribution in [3.05, 3.63) is 18.0 Å². The molecule has 5 nitrogen and oxygen atoms in total. The van der Waals surface area contributed by atoms with Crippen LogP contribution in [0.3, 0.4) is 0 Å². The minimum atomic E-state index is 0.169. The summed E-state index contributed by atoms with van der Waals surface area (Å²) in [4.78, 5) is 15.5. The number of hydrogen-bond acceptors (Lipinski definition) is 3. The van der Waals surface area contributed by atoms with Crippen molar-refractivity contribution in [2.24, 2.45) is 11.3 Å². The molecule has 2 aliphatic heterocycles. The number of nitrogens with zero attached hydrogens (tertiary/aromatic N) is 3. The first-order valence-electron chi connectivity index (χ1n) is 10.5. The van der Waals surface area contributed by atoms with E-state index in [-0.39, 0.29) is 11.3 Å². The number of piperidine rings is 1. The molecule has 0 radical (unpaired) electrons. The van der Waals surface area contributed by atoms with Gasteiger partial charge in [0.25, 0.3) is 0 Å². The molecule has 26 heavy (non-hydrogen) atoms. The Morgan fingerprint density at radius 3 is 2.58 bits per heavy atom. The van der Waals surface area contributed by atoms with Crippen molar-refractivity contribution in [2.45, 2.75) is 96.9 Å². The van der Waals surface area contributed by atoms with E-state index in [1.807, 2.05) is 4.68 Å². The topological polar surface area (TPSA) is 50.2 Å². The Hall–Kier alpha value is -1.36. The van der Waals surface area contributed by atoms with Gasteiger partial charge in [-0.3, -0.25) is 14.4 Å². The molecule has 1 N–H and O–H groups in total. The number of rotatable bonds is 5. The molecule has 3 aliphatic rings. The predicted molar refractivity (Wildman–Crippen MR) is 103 cm³/mol. The zero-order valence-electron chi connectivity index (χ0n) is 16.6. The Balaban J connectivity index is 1.35. The molecular formula is C21H34N4O. The van der Waals surface area contributed by atoms with Gasteiger partial charge >= 0.3 is 0 Å². The van der Waals surface area contributed by atoms with Crippen molar-refractivity contribution in [1.82, 2.24) is 20.0 Å². The molecule has 3 heterocycles. The molecule has 1 aromatic heterocycles. The van der Waals surface area contributed by atoms with Crippen LogP contribution in [0.25, 0.3) is 0 Å².